The number of hydrogen-bond acceptors (Lipinski definition) is 4. The minimum Gasteiger partial charge on any atom is -0.497 e. The lowest BCUT2D eigenvalue weighted by molar-refractivity contribution is -0.116. The van der Waals surface area contributed by atoms with Crippen molar-refractivity contribution in [3.63, 3.8) is 0 Å². The molecule has 0 aliphatic carbocycles. The number of benzene rings is 2. The van der Waals surface area contributed by atoms with Gasteiger partial charge in [0.2, 0.25) is 5.91 Å². The highest BCUT2D eigenvalue weighted by atomic mass is 19.1. The van der Waals surface area contributed by atoms with Crippen molar-refractivity contribution in [3.05, 3.63) is 66.4 Å². The van der Waals surface area contributed by atoms with Crippen LogP contribution in [0.15, 0.2) is 59.1 Å². The molecule has 3 aromatic rings. The van der Waals surface area contributed by atoms with Crippen molar-refractivity contribution in [1.29, 1.82) is 0 Å². The number of nitrogens with zero attached hydrogens (tertiary/aromatic N) is 1. The summed E-state index contributed by atoms with van der Waals surface area (Å²) < 4.78 is 23.6. The highest BCUT2D eigenvalue weighted by Crippen LogP contribution is 2.21. The summed E-state index contributed by atoms with van der Waals surface area (Å²) in [6.07, 6.45) is 2.20. The van der Waals surface area contributed by atoms with Crippen LogP contribution in [0.3, 0.4) is 0 Å². The normalized spacial score (nSPS) is 10.5. The van der Waals surface area contributed by atoms with Gasteiger partial charge in [-0.1, -0.05) is 0 Å². The standard InChI is InChI=1S/C19H17FN2O3/c1-24-16-8-6-15(7-9-16)22-18(23)10-11-19-21-12-17(25-19)13-2-4-14(20)5-3-13/h2-9,12H,10-11H2,1H3,(H,22,23). The monoisotopic (exact) mass is 340 g/mol. The molecular formula is C19H17FN2O3. The number of oxazole rings is 1. The van der Waals surface area contributed by atoms with Gasteiger partial charge in [-0.05, 0) is 48.5 Å². The number of nitrogens with one attached hydrogen (secondary N) is 1. The smallest absolute Gasteiger partial charge is 0.224 e. The summed E-state index contributed by atoms with van der Waals surface area (Å²) in [5.41, 5.74) is 1.44. The van der Waals surface area contributed by atoms with Crippen LogP contribution in [0.25, 0.3) is 11.3 Å². The molecule has 5 nitrogen and oxygen atoms in total. The first-order chi connectivity index (χ1) is 12.1. The van der Waals surface area contributed by atoms with E-state index >= 15 is 0 Å². The topological polar surface area (TPSA) is 64.4 Å². The van der Waals surface area contributed by atoms with Crippen LogP contribution in [-0.2, 0) is 11.2 Å². The number of aryl methyl sites for hydroxylation is 1. The molecule has 0 radical (unpaired) electrons. The molecule has 0 saturated carbocycles. The zero-order valence-electron chi connectivity index (χ0n) is 13.7. The van der Waals surface area contributed by atoms with Gasteiger partial charge in [-0.3, -0.25) is 4.79 Å². The van der Waals surface area contributed by atoms with Gasteiger partial charge in [0, 0.05) is 24.1 Å². The van der Waals surface area contributed by atoms with Gasteiger partial charge < -0.3 is 14.5 Å². The Morgan fingerprint density at radius 1 is 1.16 bits per heavy atom. The van der Waals surface area contributed by atoms with E-state index in [0.29, 0.717) is 23.8 Å². The first-order valence-electron chi connectivity index (χ1n) is 7.78. The molecule has 0 unspecified atom stereocenters. The van der Waals surface area contributed by atoms with Crippen LogP contribution < -0.4 is 10.1 Å². The Morgan fingerprint density at radius 3 is 2.56 bits per heavy atom. The minimum atomic E-state index is -0.307. The molecule has 0 aliphatic heterocycles. The third-order valence-electron chi connectivity index (χ3n) is 3.62. The van der Waals surface area contributed by atoms with E-state index in [1.54, 1.807) is 49.7 Å². The Hall–Kier alpha value is -3.15. The Morgan fingerprint density at radius 2 is 1.88 bits per heavy atom. The van der Waals surface area contributed by atoms with Crippen LogP contribution >= 0.6 is 0 Å². The van der Waals surface area contributed by atoms with E-state index in [9.17, 15) is 9.18 Å². The van der Waals surface area contributed by atoms with Crippen LogP contribution in [0.2, 0.25) is 0 Å². The zero-order valence-corrected chi connectivity index (χ0v) is 13.7. The van der Waals surface area contributed by atoms with Crippen LogP contribution in [0.5, 0.6) is 5.75 Å². The van der Waals surface area contributed by atoms with Gasteiger partial charge in [0.05, 0.1) is 13.3 Å². The molecule has 1 N–H and O–H groups in total. The van der Waals surface area contributed by atoms with Crippen molar-refractivity contribution in [3.8, 4) is 17.1 Å². The molecule has 0 saturated heterocycles. The molecule has 2 aromatic carbocycles. The number of carbonyl (C=O) groups is 1. The third-order valence-corrected chi connectivity index (χ3v) is 3.62. The first-order valence-corrected chi connectivity index (χ1v) is 7.78. The average molecular weight is 340 g/mol. The number of methoxy groups -OCH3 is 1. The second kappa shape index (κ2) is 7.61. The molecule has 3 rings (SSSR count). The highest BCUT2D eigenvalue weighted by Gasteiger charge is 2.09. The van der Waals surface area contributed by atoms with Gasteiger partial charge in [-0.2, -0.15) is 0 Å². The summed E-state index contributed by atoms with van der Waals surface area (Å²) in [4.78, 5) is 16.2. The maximum Gasteiger partial charge on any atom is 0.224 e. The number of carbonyl (C=O) groups excluding carboxylic acids is 1. The van der Waals surface area contributed by atoms with E-state index in [-0.39, 0.29) is 18.1 Å². The van der Waals surface area contributed by atoms with Crippen LogP contribution in [0.4, 0.5) is 10.1 Å². The number of hydrogen-bond donors (Lipinski definition) is 1. The van der Waals surface area contributed by atoms with E-state index in [4.69, 9.17) is 9.15 Å². The molecule has 1 heterocycles. The van der Waals surface area contributed by atoms with Crippen LogP contribution in [0, 0.1) is 5.82 Å². The number of aromatic nitrogens is 1. The third kappa shape index (κ3) is 4.44. The molecule has 1 aromatic heterocycles. The van der Waals surface area contributed by atoms with Gasteiger partial charge in [0.1, 0.15) is 11.6 Å². The summed E-state index contributed by atoms with van der Waals surface area (Å²) in [5.74, 6) is 1.30. The van der Waals surface area contributed by atoms with Crippen molar-refractivity contribution in [1.82, 2.24) is 4.98 Å². The summed E-state index contributed by atoms with van der Waals surface area (Å²) in [6.45, 7) is 0. The van der Waals surface area contributed by atoms with Gasteiger partial charge in [-0.15, -0.1) is 0 Å². The van der Waals surface area contributed by atoms with Gasteiger partial charge in [0.15, 0.2) is 11.7 Å². The molecule has 6 heteroatoms. The van der Waals surface area contributed by atoms with E-state index < -0.39 is 0 Å². The lowest BCUT2D eigenvalue weighted by Gasteiger charge is -2.05. The van der Waals surface area contributed by atoms with E-state index in [1.165, 1.54) is 12.1 Å². The summed E-state index contributed by atoms with van der Waals surface area (Å²) in [6, 6.07) is 13.1. The lowest BCUT2D eigenvalue weighted by Crippen LogP contribution is -2.12. The predicted molar refractivity (Wildman–Crippen MR) is 91.8 cm³/mol. The molecule has 0 atom stereocenters. The molecule has 128 valence electrons. The first kappa shape index (κ1) is 16.7. The SMILES string of the molecule is COc1ccc(NC(=O)CCc2ncc(-c3ccc(F)cc3)o2)cc1. The lowest BCUT2D eigenvalue weighted by atomic mass is 10.2. The van der Waals surface area contributed by atoms with Crippen LogP contribution in [-0.4, -0.2) is 18.0 Å². The number of anilines is 1. The molecule has 1 amide bonds. The molecule has 0 fully saturated rings. The van der Waals surface area contributed by atoms with Crippen molar-refractivity contribution >= 4 is 11.6 Å². The van der Waals surface area contributed by atoms with Gasteiger partial charge in [0.25, 0.3) is 0 Å². The molecule has 0 bridgehead atoms. The quantitative estimate of drug-likeness (QED) is 0.735. The second-order valence-corrected chi connectivity index (χ2v) is 5.40. The molecule has 25 heavy (non-hydrogen) atoms. The predicted octanol–water partition coefficient (Wildman–Crippen LogP) is 4.06. The van der Waals surface area contributed by atoms with Crippen LogP contribution in [0.1, 0.15) is 12.3 Å². The maximum atomic E-state index is 12.9. The van der Waals surface area contributed by atoms with Crippen molar-refractivity contribution in [2.45, 2.75) is 12.8 Å². The zero-order chi connectivity index (χ0) is 17.6. The second-order valence-electron chi connectivity index (χ2n) is 5.40. The Kier molecular flexibility index (Phi) is 5.09. The van der Waals surface area contributed by atoms with E-state index in [0.717, 1.165) is 11.3 Å². The Bertz CT molecular complexity index is 842. The van der Waals surface area contributed by atoms with Crippen molar-refractivity contribution in [2.75, 3.05) is 12.4 Å². The average Bonchev–Trinajstić information content (AvgIpc) is 3.10. The fourth-order valence-corrected chi connectivity index (χ4v) is 2.29. The summed E-state index contributed by atoms with van der Waals surface area (Å²) >= 11 is 0. The molecule has 0 spiro atoms. The number of ether oxygens (including phenoxy) is 1. The minimum absolute atomic E-state index is 0.133. The largest absolute Gasteiger partial charge is 0.497 e. The van der Waals surface area contributed by atoms with Crippen molar-refractivity contribution in [2.24, 2.45) is 0 Å². The fourth-order valence-electron chi connectivity index (χ4n) is 2.29. The highest BCUT2D eigenvalue weighted by molar-refractivity contribution is 5.90. The number of rotatable bonds is 6. The summed E-state index contributed by atoms with van der Waals surface area (Å²) in [7, 11) is 1.59. The molecular weight excluding hydrogens is 323 g/mol. The molecule has 0 aliphatic rings. The van der Waals surface area contributed by atoms with E-state index in [2.05, 4.69) is 10.3 Å². The van der Waals surface area contributed by atoms with Gasteiger partial charge in [-0.25, -0.2) is 9.37 Å². The van der Waals surface area contributed by atoms with Crippen molar-refractivity contribution < 1.29 is 18.3 Å². The number of halogens is 1. The maximum absolute atomic E-state index is 12.9. The Balaban J connectivity index is 1.54. The number of amides is 1. The van der Waals surface area contributed by atoms with Gasteiger partial charge >= 0.3 is 0 Å². The fraction of sp³-hybridized carbons (Fsp3) is 0.158. The Labute approximate surface area is 144 Å². The summed E-state index contributed by atoms with van der Waals surface area (Å²) in [5, 5.41) is 2.80. The van der Waals surface area contributed by atoms with E-state index in [1.807, 2.05) is 0 Å².